The number of rotatable bonds is 4. The van der Waals surface area contributed by atoms with Crippen molar-refractivity contribution in [1.29, 1.82) is 0 Å². The summed E-state index contributed by atoms with van der Waals surface area (Å²) in [6, 6.07) is 6.51. The Bertz CT molecular complexity index is 330. The molecule has 1 nitrogen and oxygen atoms in total. The number of aliphatic hydroxyl groups excluding tert-OH is 1. The van der Waals surface area contributed by atoms with Crippen molar-refractivity contribution >= 4 is 0 Å². The summed E-state index contributed by atoms with van der Waals surface area (Å²) in [4.78, 5) is 0. The molecule has 0 heterocycles. The third-order valence-corrected chi connectivity index (χ3v) is 3.34. The summed E-state index contributed by atoms with van der Waals surface area (Å²) in [5.74, 6) is 0. The smallest absolute Gasteiger partial charge is 0.0790 e. The molecule has 0 fully saturated rings. The quantitative estimate of drug-likeness (QED) is 0.797. The van der Waals surface area contributed by atoms with E-state index in [0.29, 0.717) is 0 Å². The lowest BCUT2D eigenvalue weighted by Gasteiger charge is -2.11. The first-order chi connectivity index (χ1) is 7.31. The fraction of sp³-hybridized carbons (Fsp3) is 0.571. The zero-order valence-electron chi connectivity index (χ0n) is 9.50. The Hall–Kier alpha value is -0.820. The number of hydrogen-bond donors (Lipinski definition) is 1. The second-order valence-corrected chi connectivity index (χ2v) is 4.54. The minimum Gasteiger partial charge on any atom is -0.388 e. The maximum absolute atomic E-state index is 9.98. The van der Waals surface area contributed by atoms with Gasteiger partial charge in [0.05, 0.1) is 6.10 Å². The number of aliphatic hydroxyl groups is 1. The first-order valence-corrected chi connectivity index (χ1v) is 6.11. The minimum atomic E-state index is -0.254. The lowest BCUT2D eigenvalue weighted by Crippen LogP contribution is -1.98. The van der Waals surface area contributed by atoms with Crippen molar-refractivity contribution in [3.8, 4) is 0 Å². The van der Waals surface area contributed by atoms with Gasteiger partial charge >= 0.3 is 0 Å². The first kappa shape index (κ1) is 10.7. The molecule has 0 saturated heterocycles. The van der Waals surface area contributed by atoms with Crippen molar-refractivity contribution in [1.82, 2.24) is 0 Å². The minimum absolute atomic E-state index is 0.254. The van der Waals surface area contributed by atoms with Crippen molar-refractivity contribution in [2.75, 3.05) is 0 Å². The van der Waals surface area contributed by atoms with Crippen LogP contribution in [0.25, 0.3) is 0 Å². The zero-order chi connectivity index (χ0) is 10.7. The van der Waals surface area contributed by atoms with Gasteiger partial charge in [-0.3, -0.25) is 0 Å². The zero-order valence-corrected chi connectivity index (χ0v) is 9.50. The molecule has 0 bridgehead atoms. The highest BCUT2D eigenvalue weighted by Crippen LogP contribution is 2.27. The Morgan fingerprint density at radius 1 is 1.27 bits per heavy atom. The molecule has 0 radical (unpaired) electrons. The molecule has 1 aromatic rings. The van der Waals surface area contributed by atoms with E-state index in [1.807, 2.05) is 0 Å². The van der Waals surface area contributed by atoms with Crippen LogP contribution in [0.4, 0.5) is 0 Å². The molecular weight excluding hydrogens is 184 g/mol. The van der Waals surface area contributed by atoms with Crippen molar-refractivity contribution in [3.63, 3.8) is 0 Å². The lowest BCUT2D eigenvalue weighted by atomic mass is 10.00. The summed E-state index contributed by atoms with van der Waals surface area (Å²) in [7, 11) is 0. The van der Waals surface area contributed by atoms with Crippen LogP contribution in [0.1, 0.15) is 55.4 Å². The summed E-state index contributed by atoms with van der Waals surface area (Å²) in [6.07, 6.45) is 6.61. The summed E-state index contributed by atoms with van der Waals surface area (Å²) >= 11 is 0. The molecule has 1 heteroatoms. The van der Waals surface area contributed by atoms with Crippen LogP contribution >= 0.6 is 0 Å². The van der Waals surface area contributed by atoms with Gasteiger partial charge in [0.15, 0.2) is 0 Å². The average molecular weight is 204 g/mol. The molecular formula is C14H20O. The molecule has 1 atom stereocenters. The molecule has 0 saturated carbocycles. The van der Waals surface area contributed by atoms with E-state index in [4.69, 9.17) is 0 Å². The third-order valence-electron chi connectivity index (χ3n) is 3.34. The van der Waals surface area contributed by atoms with Gasteiger partial charge in [0, 0.05) is 0 Å². The first-order valence-electron chi connectivity index (χ1n) is 6.11. The fourth-order valence-corrected chi connectivity index (χ4v) is 2.36. The van der Waals surface area contributed by atoms with Gasteiger partial charge in [-0.15, -0.1) is 0 Å². The number of unbranched alkanes of at least 4 members (excludes halogenated alkanes) is 1. The topological polar surface area (TPSA) is 20.2 Å². The van der Waals surface area contributed by atoms with Crippen LogP contribution in [0.5, 0.6) is 0 Å². The fourth-order valence-electron chi connectivity index (χ4n) is 2.36. The van der Waals surface area contributed by atoms with Crippen LogP contribution in [-0.4, -0.2) is 5.11 Å². The van der Waals surface area contributed by atoms with E-state index < -0.39 is 0 Å². The van der Waals surface area contributed by atoms with Crippen molar-refractivity contribution < 1.29 is 5.11 Å². The van der Waals surface area contributed by atoms with Crippen molar-refractivity contribution in [3.05, 3.63) is 34.9 Å². The number of fused-ring (bicyclic) bond motifs is 1. The Morgan fingerprint density at radius 3 is 2.87 bits per heavy atom. The van der Waals surface area contributed by atoms with Crippen LogP contribution < -0.4 is 0 Å². The van der Waals surface area contributed by atoms with Gasteiger partial charge < -0.3 is 5.11 Å². The van der Waals surface area contributed by atoms with Gasteiger partial charge in [0.25, 0.3) is 0 Å². The number of benzene rings is 1. The SMILES string of the molecule is CCCCC(O)c1ccc2c(c1)CCC2. The van der Waals surface area contributed by atoms with E-state index in [-0.39, 0.29) is 6.10 Å². The highest BCUT2D eigenvalue weighted by Gasteiger charge is 2.13. The maximum Gasteiger partial charge on any atom is 0.0790 e. The Balaban J connectivity index is 2.08. The summed E-state index contributed by atoms with van der Waals surface area (Å²) in [5, 5.41) is 9.98. The standard InChI is InChI=1S/C14H20O/c1-2-3-7-14(15)13-9-8-11-5-4-6-12(11)10-13/h8-10,14-15H,2-7H2,1H3. The molecule has 1 N–H and O–H groups in total. The van der Waals surface area contributed by atoms with Crippen LogP contribution in [0.15, 0.2) is 18.2 Å². The molecule has 15 heavy (non-hydrogen) atoms. The Morgan fingerprint density at radius 2 is 2.07 bits per heavy atom. The van der Waals surface area contributed by atoms with Gasteiger partial charge in [0.1, 0.15) is 0 Å². The van der Waals surface area contributed by atoms with Crippen molar-refractivity contribution in [2.24, 2.45) is 0 Å². The van der Waals surface area contributed by atoms with Crippen LogP contribution in [-0.2, 0) is 12.8 Å². The molecule has 1 unspecified atom stereocenters. The molecule has 2 rings (SSSR count). The monoisotopic (exact) mass is 204 g/mol. The second-order valence-electron chi connectivity index (χ2n) is 4.54. The molecule has 0 aromatic heterocycles. The van der Waals surface area contributed by atoms with Gasteiger partial charge in [-0.25, -0.2) is 0 Å². The molecule has 1 aliphatic carbocycles. The summed E-state index contributed by atoms with van der Waals surface area (Å²) in [6.45, 7) is 2.16. The van der Waals surface area contributed by atoms with Gasteiger partial charge in [0.2, 0.25) is 0 Å². The predicted octanol–water partition coefficient (Wildman–Crippen LogP) is 3.40. The predicted molar refractivity (Wildman–Crippen MR) is 63.0 cm³/mol. The Labute approximate surface area is 92.1 Å². The highest BCUT2D eigenvalue weighted by molar-refractivity contribution is 5.36. The Kier molecular flexibility index (Phi) is 3.42. The van der Waals surface area contributed by atoms with Crippen molar-refractivity contribution in [2.45, 2.75) is 51.6 Å². The average Bonchev–Trinajstić information content (AvgIpc) is 2.72. The molecule has 0 amide bonds. The number of aryl methyl sites for hydroxylation is 2. The molecule has 1 aliphatic rings. The summed E-state index contributed by atoms with van der Waals surface area (Å²) < 4.78 is 0. The highest BCUT2D eigenvalue weighted by atomic mass is 16.3. The van der Waals surface area contributed by atoms with Crippen LogP contribution in [0, 0.1) is 0 Å². The van der Waals surface area contributed by atoms with E-state index >= 15 is 0 Å². The molecule has 82 valence electrons. The summed E-state index contributed by atoms with van der Waals surface area (Å²) in [5.41, 5.74) is 4.06. The van der Waals surface area contributed by atoms with Gasteiger partial charge in [-0.05, 0) is 42.4 Å². The van der Waals surface area contributed by atoms with E-state index in [1.165, 1.54) is 30.4 Å². The largest absolute Gasteiger partial charge is 0.388 e. The molecule has 0 spiro atoms. The third kappa shape index (κ3) is 2.40. The molecule has 0 aliphatic heterocycles. The molecule has 1 aromatic carbocycles. The second kappa shape index (κ2) is 4.80. The van der Waals surface area contributed by atoms with Gasteiger partial charge in [-0.1, -0.05) is 38.0 Å². The van der Waals surface area contributed by atoms with Crippen LogP contribution in [0.2, 0.25) is 0 Å². The van der Waals surface area contributed by atoms with Crippen LogP contribution in [0.3, 0.4) is 0 Å². The maximum atomic E-state index is 9.98. The van der Waals surface area contributed by atoms with E-state index in [1.54, 1.807) is 0 Å². The van der Waals surface area contributed by atoms with E-state index in [0.717, 1.165) is 24.8 Å². The van der Waals surface area contributed by atoms with E-state index in [9.17, 15) is 5.11 Å². The lowest BCUT2D eigenvalue weighted by molar-refractivity contribution is 0.164. The normalized spacial score (nSPS) is 16.4. The number of hydrogen-bond acceptors (Lipinski definition) is 1. The van der Waals surface area contributed by atoms with Gasteiger partial charge in [-0.2, -0.15) is 0 Å². The van der Waals surface area contributed by atoms with E-state index in [2.05, 4.69) is 25.1 Å².